The average Bonchev–Trinajstić information content (AvgIpc) is 3.26. The number of rotatable bonds is 4. The molecule has 0 bridgehead atoms. The van der Waals surface area contributed by atoms with Crippen molar-refractivity contribution in [1.82, 2.24) is 24.6 Å². The molecule has 0 amide bonds. The van der Waals surface area contributed by atoms with E-state index in [1.165, 1.54) is 11.3 Å². The second kappa shape index (κ2) is 5.35. The molecule has 0 aliphatic heterocycles. The lowest BCUT2D eigenvalue weighted by Crippen LogP contribution is -2.04. The van der Waals surface area contributed by atoms with Crippen LogP contribution in [-0.4, -0.2) is 30.5 Å². The van der Waals surface area contributed by atoms with Crippen LogP contribution in [0.3, 0.4) is 0 Å². The van der Waals surface area contributed by atoms with Gasteiger partial charge in [0.2, 0.25) is 0 Å². The minimum absolute atomic E-state index is 0.0530. The van der Waals surface area contributed by atoms with Crippen LogP contribution in [0, 0.1) is 0 Å². The van der Waals surface area contributed by atoms with E-state index in [0.717, 1.165) is 9.84 Å². The first kappa shape index (κ1) is 13.2. The van der Waals surface area contributed by atoms with E-state index in [-0.39, 0.29) is 6.61 Å². The van der Waals surface area contributed by atoms with Gasteiger partial charge in [0.1, 0.15) is 4.88 Å². The maximum atomic E-state index is 12.0. The third-order valence-corrected chi connectivity index (χ3v) is 4.76. The highest BCUT2D eigenvalue weighted by Crippen LogP contribution is 2.21. The molecule has 4 aromatic heterocycles. The largest absolute Gasteiger partial charge is 0.453 e. The van der Waals surface area contributed by atoms with Crippen molar-refractivity contribution < 1.29 is 9.53 Å². The molecule has 4 heterocycles. The van der Waals surface area contributed by atoms with E-state index in [1.54, 1.807) is 34.3 Å². The summed E-state index contributed by atoms with van der Waals surface area (Å²) in [5, 5.41) is 8.84. The minimum Gasteiger partial charge on any atom is -0.453 e. The zero-order chi connectivity index (χ0) is 14.9. The van der Waals surface area contributed by atoms with Crippen LogP contribution >= 0.6 is 22.7 Å². The van der Waals surface area contributed by atoms with Crippen LogP contribution in [0.15, 0.2) is 36.1 Å². The fourth-order valence-electron chi connectivity index (χ4n) is 1.90. The van der Waals surface area contributed by atoms with Crippen LogP contribution in [0.2, 0.25) is 0 Å². The van der Waals surface area contributed by atoms with Gasteiger partial charge in [0.05, 0.1) is 4.88 Å². The number of imidazole rings is 1. The van der Waals surface area contributed by atoms with Crippen molar-refractivity contribution >= 4 is 33.6 Å². The molecule has 0 radical (unpaired) electrons. The number of esters is 1. The Hall–Kier alpha value is -2.52. The molecule has 0 fully saturated rings. The number of thiazole rings is 1. The standard InChI is InChI=1S/C13H9N5O2S2/c19-12(9-6-18-4-3-14-13(18)22-9)20-7-10-15-11(17-16-10)8-2-1-5-21-8/h1-6H,7H2,(H,15,16,17). The van der Waals surface area contributed by atoms with Gasteiger partial charge in [-0.25, -0.2) is 14.8 Å². The number of carbonyl (C=O) groups is 1. The van der Waals surface area contributed by atoms with Crippen LogP contribution < -0.4 is 0 Å². The zero-order valence-electron chi connectivity index (χ0n) is 11.1. The topological polar surface area (TPSA) is 85.2 Å². The molecule has 0 unspecified atom stereocenters. The zero-order valence-corrected chi connectivity index (χ0v) is 12.7. The number of H-pyrrole nitrogens is 1. The van der Waals surface area contributed by atoms with Crippen molar-refractivity contribution in [2.75, 3.05) is 0 Å². The van der Waals surface area contributed by atoms with E-state index in [1.807, 2.05) is 17.5 Å². The SMILES string of the molecule is O=C(OCc1nc(-c2cccs2)n[nH]1)c1cn2ccnc2s1. The normalized spacial score (nSPS) is 11.1. The molecule has 0 spiro atoms. The van der Waals surface area contributed by atoms with Gasteiger partial charge in [-0.15, -0.1) is 11.3 Å². The molecule has 0 saturated carbocycles. The summed E-state index contributed by atoms with van der Waals surface area (Å²) in [7, 11) is 0. The van der Waals surface area contributed by atoms with Gasteiger partial charge in [-0.2, -0.15) is 5.10 Å². The Morgan fingerprint density at radius 3 is 3.23 bits per heavy atom. The molecule has 4 rings (SSSR count). The fourth-order valence-corrected chi connectivity index (χ4v) is 3.40. The maximum Gasteiger partial charge on any atom is 0.350 e. The van der Waals surface area contributed by atoms with E-state index < -0.39 is 5.97 Å². The van der Waals surface area contributed by atoms with Crippen LogP contribution in [-0.2, 0) is 11.3 Å². The third-order valence-electron chi connectivity index (χ3n) is 2.91. The number of aromatic amines is 1. The lowest BCUT2D eigenvalue weighted by molar-refractivity contribution is 0.0468. The van der Waals surface area contributed by atoms with Crippen LogP contribution in [0.4, 0.5) is 0 Å². The first-order valence-corrected chi connectivity index (χ1v) is 8.04. The highest BCUT2D eigenvalue weighted by atomic mass is 32.1. The minimum atomic E-state index is -0.399. The molecule has 0 aliphatic rings. The van der Waals surface area contributed by atoms with Crippen molar-refractivity contribution in [3.8, 4) is 10.7 Å². The molecule has 0 atom stereocenters. The number of fused-ring (bicyclic) bond motifs is 1. The van der Waals surface area contributed by atoms with Crippen molar-refractivity contribution in [2.45, 2.75) is 6.61 Å². The number of nitrogens with zero attached hydrogens (tertiary/aromatic N) is 4. The van der Waals surface area contributed by atoms with E-state index in [0.29, 0.717) is 16.5 Å². The second-order valence-corrected chi connectivity index (χ2v) is 6.33. The molecule has 9 heteroatoms. The Bertz CT molecular complexity index is 893. The van der Waals surface area contributed by atoms with Gasteiger partial charge in [0, 0.05) is 18.6 Å². The molecular formula is C13H9N5O2S2. The van der Waals surface area contributed by atoms with Gasteiger partial charge in [-0.05, 0) is 11.4 Å². The highest BCUT2D eigenvalue weighted by molar-refractivity contribution is 7.18. The predicted octanol–water partition coefficient (Wildman–Crippen LogP) is 2.60. The van der Waals surface area contributed by atoms with Gasteiger partial charge in [-0.3, -0.25) is 9.50 Å². The summed E-state index contributed by atoms with van der Waals surface area (Å²) in [5.41, 5.74) is 0. The summed E-state index contributed by atoms with van der Waals surface area (Å²) in [6.07, 6.45) is 5.17. The average molecular weight is 331 g/mol. The molecule has 22 heavy (non-hydrogen) atoms. The molecule has 7 nitrogen and oxygen atoms in total. The molecule has 110 valence electrons. The van der Waals surface area contributed by atoms with Crippen molar-refractivity contribution in [3.63, 3.8) is 0 Å². The number of ether oxygens (including phenoxy) is 1. The highest BCUT2D eigenvalue weighted by Gasteiger charge is 2.14. The lowest BCUT2D eigenvalue weighted by Gasteiger charge is -1.98. The Balaban J connectivity index is 1.44. The fraction of sp³-hybridized carbons (Fsp3) is 0.0769. The first-order chi connectivity index (χ1) is 10.8. The van der Waals surface area contributed by atoms with Crippen molar-refractivity contribution in [3.05, 3.63) is 46.8 Å². The molecule has 1 N–H and O–H groups in total. The molecule has 4 aromatic rings. The Morgan fingerprint density at radius 2 is 2.41 bits per heavy atom. The summed E-state index contributed by atoms with van der Waals surface area (Å²) in [6, 6.07) is 3.87. The van der Waals surface area contributed by atoms with Crippen LogP contribution in [0.25, 0.3) is 15.7 Å². The summed E-state index contributed by atoms with van der Waals surface area (Å²) >= 11 is 2.84. The summed E-state index contributed by atoms with van der Waals surface area (Å²) in [4.78, 5) is 22.7. The van der Waals surface area contributed by atoms with Gasteiger partial charge in [0.25, 0.3) is 0 Å². The molecule has 0 aliphatic carbocycles. The molecule has 0 aromatic carbocycles. The Kier molecular flexibility index (Phi) is 3.20. The number of nitrogens with one attached hydrogen (secondary N) is 1. The smallest absolute Gasteiger partial charge is 0.350 e. The van der Waals surface area contributed by atoms with Crippen molar-refractivity contribution in [1.29, 1.82) is 0 Å². The maximum absolute atomic E-state index is 12.0. The van der Waals surface area contributed by atoms with Gasteiger partial charge < -0.3 is 4.74 Å². The van der Waals surface area contributed by atoms with E-state index in [4.69, 9.17) is 4.74 Å². The number of hydrogen-bond acceptors (Lipinski definition) is 7. The second-order valence-electron chi connectivity index (χ2n) is 4.37. The van der Waals surface area contributed by atoms with E-state index in [2.05, 4.69) is 20.2 Å². The first-order valence-electron chi connectivity index (χ1n) is 6.34. The number of carbonyl (C=O) groups excluding carboxylic acids is 1. The molecule has 0 saturated heterocycles. The number of hydrogen-bond donors (Lipinski definition) is 1. The quantitative estimate of drug-likeness (QED) is 0.581. The van der Waals surface area contributed by atoms with Gasteiger partial charge >= 0.3 is 5.97 Å². The van der Waals surface area contributed by atoms with E-state index in [9.17, 15) is 4.79 Å². The molecular weight excluding hydrogens is 322 g/mol. The van der Waals surface area contributed by atoms with E-state index >= 15 is 0 Å². The summed E-state index contributed by atoms with van der Waals surface area (Å²) in [6.45, 7) is 0.0530. The van der Waals surface area contributed by atoms with Crippen LogP contribution in [0.1, 0.15) is 15.5 Å². The Morgan fingerprint density at radius 1 is 1.45 bits per heavy atom. The number of thiophene rings is 1. The number of aromatic nitrogens is 5. The summed E-state index contributed by atoms with van der Waals surface area (Å²) in [5.74, 6) is 0.721. The monoisotopic (exact) mass is 331 g/mol. The van der Waals surface area contributed by atoms with Crippen molar-refractivity contribution in [2.24, 2.45) is 0 Å². The Labute approximate surface area is 132 Å². The van der Waals surface area contributed by atoms with Gasteiger partial charge in [0.15, 0.2) is 23.2 Å². The van der Waals surface area contributed by atoms with Crippen LogP contribution in [0.5, 0.6) is 0 Å². The van der Waals surface area contributed by atoms with Gasteiger partial charge in [-0.1, -0.05) is 17.4 Å². The summed E-state index contributed by atoms with van der Waals surface area (Å²) < 4.78 is 7.03. The lowest BCUT2D eigenvalue weighted by atomic mass is 10.4. The third kappa shape index (κ3) is 2.40. The predicted molar refractivity (Wildman–Crippen MR) is 81.9 cm³/mol.